The van der Waals surface area contributed by atoms with Gasteiger partial charge in [-0.3, -0.25) is 4.57 Å². The molecule has 0 radical (unpaired) electrons. The highest BCUT2D eigenvalue weighted by Crippen LogP contribution is 2.56. The van der Waals surface area contributed by atoms with Crippen LogP contribution in [0.15, 0.2) is 35.1 Å². The van der Waals surface area contributed by atoms with Crippen molar-refractivity contribution in [1.82, 2.24) is 0 Å². The molecule has 0 atom stereocenters. The SMILES string of the molecule is COC(=O)C(=Cc1ccc(CP(=O)(OC(C)(C)C)OC(C)(C)C)cc1)N=[N+]=[N-]. The number of nitrogens with zero attached hydrogens (tertiary/aromatic N) is 3. The van der Waals surface area contributed by atoms with E-state index in [1.54, 1.807) is 24.3 Å². The molecule has 0 N–H and O–H groups in total. The molecule has 0 amide bonds. The van der Waals surface area contributed by atoms with Crippen LogP contribution in [0.2, 0.25) is 0 Å². The molecule has 0 spiro atoms. The van der Waals surface area contributed by atoms with E-state index < -0.39 is 24.8 Å². The third-order valence-corrected chi connectivity index (χ3v) is 5.44. The first kappa shape index (κ1) is 23.9. The number of hydrogen-bond acceptors (Lipinski definition) is 6. The lowest BCUT2D eigenvalue weighted by Crippen LogP contribution is -2.24. The van der Waals surface area contributed by atoms with Gasteiger partial charge in [0.15, 0.2) is 0 Å². The maximum Gasteiger partial charge on any atom is 0.340 e. The fourth-order valence-corrected chi connectivity index (χ4v) is 4.79. The van der Waals surface area contributed by atoms with Gasteiger partial charge < -0.3 is 13.8 Å². The molecule has 0 heterocycles. The van der Waals surface area contributed by atoms with Gasteiger partial charge in [-0.2, -0.15) is 0 Å². The quantitative estimate of drug-likeness (QED) is 0.140. The Morgan fingerprint density at radius 3 is 2.00 bits per heavy atom. The number of carbonyl (C=O) groups excluding carboxylic acids is 1. The van der Waals surface area contributed by atoms with E-state index in [-0.39, 0.29) is 11.9 Å². The standard InChI is InChI=1S/C19H28N3O5P/c1-18(2,3)26-28(24,27-19(4,5)6)13-15-10-8-14(9-11-15)12-16(21-22-20)17(23)25-7/h8-12H,13H2,1-7H3. The highest BCUT2D eigenvalue weighted by atomic mass is 31.2. The van der Waals surface area contributed by atoms with E-state index in [2.05, 4.69) is 14.8 Å². The van der Waals surface area contributed by atoms with Crippen molar-refractivity contribution in [2.45, 2.75) is 58.9 Å². The first-order chi connectivity index (χ1) is 12.8. The van der Waals surface area contributed by atoms with E-state index in [4.69, 9.17) is 14.6 Å². The minimum Gasteiger partial charge on any atom is -0.466 e. The summed E-state index contributed by atoms with van der Waals surface area (Å²) in [5.74, 6) is -0.733. The number of azide groups is 1. The van der Waals surface area contributed by atoms with Crippen molar-refractivity contribution in [2.75, 3.05) is 7.11 Å². The Bertz CT molecular complexity index is 793. The lowest BCUT2D eigenvalue weighted by atomic mass is 10.1. The van der Waals surface area contributed by atoms with Gasteiger partial charge in [-0.1, -0.05) is 29.4 Å². The van der Waals surface area contributed by atoms with Crippen molar-refractivity contribution in [3.63, 3.8) is 0 Å². The monoisotopic (exact) mass is 409 g/mol. The molecule has 8 nitrogen and oxygen atoms in total. The summed E-state index contributed by atoms with van der Waals surface area (Å²) in [5.41, 5.74) is 8.52. The minimum absolute atomic E-state index is 0.103. The number of hydrogen-bond donors (Lipinski definition) is 0. The summed E-state index contributed by atoms with van der Waals surface area (Å²) in [6.45, 7) is 10.9. The summed E-state index contributed by atoms with van der Waals surface area (Å²) in [5, 5.41) is 3.34. The van der Waals surface area contributed by atoms with Crippen molar-refractivity contribution in [1.29, 1.82) is 0 Å². The molecule has 154 valence electrons. The molecule has 0 aliphatic heterocycles. The zero-order chi connectivity index (χ0) is 21.6. The van der Waals surface area contributed by atoms with Crippen LogP contribution in [0.4, 0.5) is 0 Å². The van der Waals surface area contributed by atoms with E-state index in [1.807, 2.05) is 41.5 Å². The minimum atomic E-state index is -3.41. The summed E-state index contributed by atoms with van der Waals surface area (Å²) in [4.78, 5) is 14.2. The average Bonchev–Trinajstić information content (AvgIpc) is 2.51. The van der Waals surface area contributed by atoms with Crippen molar-refractivity contribution < 1.29 is 23.1 Å². The van der Waals surface area contributed by atoms with Crippen LogP contribution in [0.25, 0.3) is 16.5 Å². The van der Waals surface area contributed by atoms with Gasteiger partial charge in [-0.15, -0.1) is 0 Å². The summed E-state index contributed by atoms with van der Waals surface area (Å²) < 4.78 is 29.5. The normalized spacial score (nSPS) is 13.0. The molecule has 0 saturated heterocycles. The molecule has 9 heteroatoms. The van der Waals surface area contributed by atoms with Crippen LogP contribution in [-0.4, -0.2) is 24.3 Å². The van der Waals surface area contributed by atoms with Crippen LogP contribution >= 0.6 is 7.60 Å². The zero-order valence-corrected chi connectivity index (χ0v) is 18.3. The Balaban J connectivity index is 3.12. The number of benzene rings is 1. The molecular weight excluding hydrogens is 381 g/mol. The van der Waals surface area contributed by atoms with Gasteiger partial charge in [-0.25, -0.2) is 4.79 Å². The summed E-state index contributed by atoms with van der Waals surface area (Å²) in [6.07, 6.45) is 1.51. The van der Waals surface area contributed by atoms with Gasteiger partial charge in [0.2, 0.25) is 0 Å². The van der Waals surface area contributed by atoms with Gasteiger partial charge in [0.25, 0.3) is 0 Å². The second kappa shape index (κ2) is 9.39. The van der Waals surface area contributed by atoms with Crippen molar-refractivity contribution in [2.24, 2.45) is 5.11 Å². The number of esters is 1. The molecular formula is C19H28N3O5P. The van der Waals surface area contributed by atoms with Gasteiger partial charge in [0.05, 0.1) is 24.5 Å². The van der Waals surface area contributed by atoms with Crippen LogP contribution in [0.1, 0.15) is 52.7 Å². The van der Waals surface area contributed by atoms with Gasteiger partial charge >= 0.3 is 13.6 Å². The lowest BCUT2D eigenvalue weighted by Gasteiger charge is -2.32. The topological polar surface area (TPSA) is 111 Å². The molecule has 1 aromatic rings. The van der Waals surface area contributed by atoms with Crippen LogP contribution in [-0.2, 0) is 29.3 Å². The Morgan fingerprint density at radius 1 is 1.11 bits per heavy atom. The van der Waals surface area contributed by atoms with Gasteiger partial charge in [-0.05, 0) is 64.3 Å². The van der Waals surface area contributed by atoms with Crippen LogP contribution in [0.3, 0.4) is 0 Å². The maximum absolute atomic E-state index is 13.3. The Hall–Kier alpha value is -2.11. The largest absolute Gasteiger partial charge is 0.466 e. The Labute approximate surface area is 166 Å². The number of rotatable bonds is 7. The van der Waals surface area contributed by atoms with E-state index in [1.165, 1.54) is 13.2 Å². The smallest absolute Gasteiger partial charge is 0.340 e. The third-order valence-electron chi connectivity index (χ3n) is 3.03. The summed E-state index contributed by atoms with van der Waals surface area (Å²) >= 11 is 0. The second-order valence-electron chi connectivity index (χ2n) is 8.13. The highest BCUT2D eigenvalue weighted by molar-refractivity contribution is 7.53. The molecule has 0 fully saturated rings. The molecule has 0 saturated carbocycles. The van der Waals surface area contributed by atoms with E-state index >= 15 is 0 Å². The highest BCUT2D eigenvalue weighted by Gasteiger charge is 2.35. The third kappa shape index (κ3) is 8.72. The molecule has 0 aliphatic carbocycles. The predicted molar refractivity (Wildman–Crippen MR) is 109 cm³/mol. The van der Waals surface area contributed by atoms with Crippen LogP contribution in [0, 0.1) is 0 Å². The van der Waals surface area contributed by atoms with E-state index in [0.29, 0.717) is 5.56 Å². The lowest BCUT2D eigenvalue weighted by molar-refractivity contribution is -0.136. The Kier molecular flexibility index (Phi) is 8.03. The van der Waals surface area contributed by atoms with E-state index in [0.717, 1.165) is 5.56 Å². The van der Waals surface area contributed by atoms with Crippen molar-refractivity contribution in [3.05, 3.63) is 51.5 Å². The molecule has 0 unspecified atom stereocenters. The molecule has 0 aliphatic rings. The predicted octanol–water partition coefficient (Wildman–Crippen LogP) is 5.83. The first-order valence-corrected chi connectivity index (χ1v) is 10.4. The van der Waals surface area contributed by atoms with Gasteiger partial charge in [0.1, 0.15) is 5.70 Å². The number of ether oxygens (including phenoxy) is 1. The molecule has 1 aromatic carbocycles. The first-order valence-electron chi connectivity index (χ1n) is 8.71. The number of carbonyl (C=O) groups is 1. The zero-order valence-electron chi connectivity index (χ0n) is 17.4. The van der Waals surface area contributed by atoms with Crippen molar-refractivity contribution >= 4 is 19.6 Å². The van der Waals surface area contributed by atoms with Crippen molar-refractivity contribution in [3.8, 4) is 0 Å². The summed E-state index contributed by atoms with van der Waals surface area (Å²) in [7, 11) is -2.21. The summed E-state index contributed by atoms with van der Waals surface area (Å²) in [6, 6.07) is 6.93. The fraction of sp³-hybridized carbons (Fsp3) is 0.526. The fourth-order valence-electron chi connectivity index (χ4n) is 2.30. The number of methoxy groups -OCH3 is 1. The molecule has 0 aromatic heterocycles. The molecule has 28 heavy (non-hydrogen) atoms. The van der Waals surface area contributed by atoms with E-state index in [9.17, 15) is 9.36 Å². The van der Waals surface area contributed by atoms with Gasteiger partial charge in [0, 0.05) is 4.91 Å². The molecule has 1 rings (SSSR count). The maximum atomic E-state index is 13.3. The second-order valence-corrected chi connectivity index (χ2v) is 10.0. The van der Waals surface area contributed by atoms with Crippen LogP contribution in [0.5, 0.6) is 0 Å². The molecule has 0 bridgehead atoms. The Morgan fingerprint density at radius 2 is 1.61 bits per heavy atom. The van der Waals surface area contributed by atoms with Crippen LogP contribution < -0.4 is 0 Å². The average molecular weight is 409 g/mol.